The number of carbonyl (C=O) groups excluding carboxylic acids is 1. The Hall–Kier alpha value is 0.130. The summed E-state index contributed by atoms with van der Waals surface area (Å²) in [5.74, 6) is 0.167. The second kappa shape index (κ2) is 55.9. The van der Waals surface area contributed by atoms with Crippen molar-refractivity contribution in [1.29, 1.82) is 0 Å². The molecular weight excluding hydrogens is 256 g/mol. The van der Waals surface area contributed by atoms with Crippen molar-refractivity contribution < 1.29 is 13.7 Å². The average Bonchev–Trinajstić information content (AvgIpc) is 1.85. The summed E-state index contributed by atoms with van der Waals surface area (Å²) in [5, 5.41) is 0. The first-order valence-corrected chi connectivity index (χ1v) is 7.42. The van der Waals surface area contributed by atoms with E-state index in [4.69, 9.17) is 0 Å². The molecule has 0 fully saturated rings. The number of thioether (sulfide) groups is 1. The lowest BCUT2D eigenvalue weighted by atomic mass is 10.6. The maximum atomic E-state index is 9.56. The van der Waals surface area contributed by atoms with Gasteiger partial charge >= 0.3 is 0 Å². The molecule has 0 aromatic rings. The van der Waals surface area contributed by atoms with Crippen LogP contribution in [0.3, 0.4) is 0 Å². The number of Topliss-reactive ketones (excluding diaryl/α,β-unsaturated/α-hetero) is 1. The minimum Gasteiger partial charge on any atom is -0.388 e. The van der Waals surface area contributed by atoms with Gasteiger partial charge in [-0.25, -0.2) is 0 Å². The third kappa shape index (κ3) is 191000. The number of methoxy groups -OCH3 is 1. The normalized spacial score (nSPS) is 5.71. The molecule has 0 aliphatic heterocycles. The van der Waals surface area contributed by atoms with Gasteiger partial charge in [0.15, 0.2) is 0 Å². The molecule has 0 spiro atoms. The van der Waals surface area contributed by atoms with Gasteiger partial charge in [0.05, 0.1) is 0 Å². The summed E-state index contributed by atoms with van der Waals surface area (Å²) in [6, 6.07) is 0. The Kier molecular flexibility index (Phi) is 143. The van der Waals surface area contributed by atoms with Crippen molar-refractivity contribution in [2.24, 2.45) is 0 Å². The molecule has 0 rings (SSSR count). The van der Waals surface area contributed by atoms with Crippen molar-refractivity contribution in [3.05, 3.63) is 0 Å². The molecule has 17 heavy (non-hydrogen) atoms. The summed E-state index contributed by atoms with van der Waals surface area (Å²) in [5.41, 5.74) is 0. The van der Waals surface area contributed by atoms with E-state index in [1.165, 1.54) is 13.8 Å². The third-order valence-electron chi connectivity index (χ3n) is 0. The molecule has 0 saturated heterocycles. The van der Waals surface area contributed by atoms with Crippen LogP contribution in [0.4, 0.5) is 0 Å². The molecule has 0 aliphatic carbocycles. The topological polar surface area (TPSA) is 43.4 Å². The molecule has 0 radical (unpaired) electrons. The van der Waals surface area contributed by atoms with E-state index >= 15 is 0 Å². The van der Waals surface area contributed by atoms with Crippen LogP contribution < -0.4 is 0 Å². The smallest absolute Gasteiger partial charge is 0.126 e. The van der Waals surface area contributed by atoms with Gasteiger partial charge < -0.3 is 9.53 Å². The third-order valence-corrected chi connectivity index (χ3v) is 0. The van der Waals surface area contributed by atoms with E-state index in [0.29, 0.717) is 0 Å². The van der Waals surface area contributed by atoms with Gasteiger partial charge in [-0.05, 0) is 26.4 Å². The van der Waals surface area contributed by atoms with Gasteiger partial charge in [-0.3, -0.25) is 4.21 Å². The van der Waals surface area contributed by atoms with Gasteiger partial charge in [0.25, 0.3) is 0 Å². The fourth-order valence-corrected chi connectivity index (χ4v) is 0. The van der Waals surface area contributed by atoms with Crippen molar-refractivity contribution in [1.82, 2.24) is 0 Å². The van der Waals surface area contributed by atoms with Crippen LogP contribution in [-0.4, -0.2) is 49.2 Å². The highest BCUT2D eigenvalue weighted by atomic mass is 32.2. The summed E-state index contributed by atoms with van der Waals surface area (Å²) in [4.78, 5) is 9.44. The molecule has 114 valence electrons. The monoisotopic (exact) mass is 292 g/mol. The minimum absolute atomic E-state index is 0. The second-order valence-corrected chi connectivity index (χ2v) is 4.77. The highest BCUT2D eigenvalue weighted by Crippen LogP contribution is 1.70. The van der Waals surface area contributed by atoms with E-state index in [1.54, 1.807) is 38.5 Å². The van der Waals surface area contributed by atoms with Gasteiger partial charge in [-0.2, -0.15) is 11.8 Å². The van der Waals surface area contributed by atoms with Gasteiger partial charge in [0.1, 0.15) is 5.78 Å². The number of carbonyl (C=O) groups is 1. The summed E-state index contributed by atoms with van der Waals surface area (Å²) in [6.07, 6.45) is 7.36. The predicted octanol–water partition coefficient (Wildman–Crippen LogP) is 3.74. The van der Waals surface area contributed by atoms with Crippen LogP contribution in [0.25, 0.3) is 0 Å². The summed E-state index contributed by atoms with van der Waals surface area (Å²) >= 11 is 1.75. The van der Waals surface area contributed by atoms with E-state index in [-0.39, 0.29) is 28.1 Å². The molecular formula is C12H36O3S2. The van der Waals surface area contributed by atoms with Crippen LogP contribution in [0.1, 0.15) is 36.1 Å². The Morgan fingerprint density at radius 1 is 1.00 bits per heavy atom. The lowest BCUT2D eigenvalue weighted by Gasteiger charge is -1.61. The Morgan fingerprint density at radius 3 is 1.00 bits per heavy atom. The first-order chi connectivity index (χ1) is 6.29. The first-order valence-electron chi connectivity index (χ1n) is 3.82. The number of hydrogen-bond acceptors (Lipinski definition) is 4. The van der Waals surface area contributed by atoms with E-state index in [2.05, 4.69) is 4.74 Å². The molecule has 0 aliphatic rings. The molecule has 0 saturated carbocycles. The van der Waals surface area contributed by atoms with E-state index in [1.807, 2.05) is 12.5 Å². The van der Waals surface area contributed by atoms with Crippen molar-refractivity contribution in [3.63, 3.8) is 0 Å². The molecule has 3 nitrogen and oxygen atoms in total. The van der Waals surface area contributed by atoms with Crippen LogP contribution in [0.2, 0.25) is 0 Å². The number of hydrogen-bond donors (Lipinski definition) is 0. The Labute approximate surface area is 118 Å². The molecule has 0 aromatic heterocycles. The lowest BCUT2D eigenvalue weighted by molar-refractivity contribution is -0.114. The zero-order chi connectivity index (χ0) is 12.6. The molecule has 0 N–H and O–H groups in total. The van der Waals surface area contributed by atoms with Gasteiger partial charge in [0.2, 0.25) is 0 Å². The lowest BCUT2D eigenvalue weighted by Crippen LogP contribution is -1.70. The quantitative estimate of drug-likeness (QED) is 0.682. The molecule has 0 bridgehead atoms. The van der Waals surface area contributed by atoms with Crippen molar-refractivity contribution in [2.75, 3.05) is 39.2 Å². The summed E-state index contributed by atoms with van der Waals surface area (Å²) in [7, 11) is 2.64. The molecule has 5 heteroatoms. The van der Waals surface area contributed by atoms with E-state index in [9.17, 15) is 9.00 Å². The van der Waals surface area contributed by atoms with E-state index in [0.717, 1.165) is 0 Å². The minimum atomic E-state index is -0.611. The Balaban J connectivity index is -0.0000000149. The maximum Gasteiger partial charge on any atom is 0.126 e. The van der Waals surface area contributed by atoms with E-state index < -0.39 is 10.8 Å². The Bertz CT molecular complexity index is 96.3. The molecule has 0 aromatic carbocycles. The molecule has 0 heterocycles. The first kappa shape index (κ1) is 43.4. The maximum absolute atomic E-state index is 9.56. The molecule has 0 unspecified atom stereocenters. The molecule has 0 amide bonds. The van der Waals surface area contributed by atoms with Crippen molar-refractivity contribution in [2.45, 2.75) is 36.1 Å². The number of rotatable bonds is 0. The standard InChI is InChI=1S/C3H6O.C2H6OS.C2H6O.C2H6S.3CH4/c1-3(2)4;1-4(2)3;2*1-3-2;;;/h2*1-2H3;2*1-2H3;3*1H4. The van der Waals surface area contributed by atoms with Gasteiger partial charge in [-0.15, -0.1) is 0 Å². The van der Waals surface area contributed by atoms with Crippen LogP contribution in [0, 0.1) is 0 Å². The van der Waals surface area contributed by atoms with Gasteiger partial charge in [-0.1, -0.05) is 22.3 Å². The Morgan fingerprint density at radius 2 is 1.00 bits per heavy atom. The van der Waals surface area contributed by atoms with Crippen LogP contribution in [0.5, 0.6) is 0 Å². The fourth-order valence-electron chi connectivity index (χ4n) is 0. The van der Waals surface area contributed by atoms with Crippen LogP contribution in [-0.2, 0) is 20.3 Å². The number of ether oxygens (including phenoxy) is 1. The average molecular weight is 293 g/mol. The zero-order valence-electron chi connectivity index (χ0n) is 10.5. The van der Waals surface area contributed by atoms with Crippen LogP contribution >= 0.6 is 11.8 Å². The summed E-state index contributed by atoms with van der Waals surface area (Å²) < 4.78 is 13.8. The second-order valence-electron chi connectivity index (χ2n) is 2.47. The SMILES string of the molecule is C.C.C.CC(C)=O.COC.CS(C)=O.CSC. The molecule has 0 atom stereocenters. The van der Waals surface area contributed by atoms with Crippen molar-refractivity contribution in [3.8, 4) is 0 Å². The summed E-state index contributed by atoms with van der Waals surface area (Å²) in [6.45, 7) is 3.06. The zero-order valence-corrected chi connectivity index (χ0v) is 12.2. The van der Waals surface area contributed by atoms with Gasteiger partial charge in [0, 0.05) is 37.5 Å². The number of ketones is 1. The largest absolute Gasteiger partial charge is 0.388 e. The fraction of sp³-hybridized carbons (Fsp3) is 0.917. The highest BCUT2D eigenvalue weighted by molar-refractivity contribution is 7.97. The van der Waals surface area contributed by atoms with Crippen LogP contribution in [0.15, 0.2) is 0 Å². The van der Waals surface area contributed by atoms with Crippen molar-refractivity contribution >= 4 is 28.3 Å². The highest BCUT2D eigenvalue weighted by Gasteiger charge is 1.62. The predicted molar refractivity (Wildman–Crippen MR) is 88.9 cm³/mol.